The van der Waals surface area contributed by atoms with E-state index in [2.05, 4.69) is 37.9 Å². The van der Waals surface area contributed by atoms with Crippen molar-refractivity contribution in [3.8, 4) is 0 Å². The van der Waals surface area contributed by atoms with E-state index >= 15 is 0 Å². The molecule has 0 aromatic heterocycles. The van der Waals surface area contributed by atoms with Gasteiger partial charge in [0.2, 0.25) is 0 Å². The second kappa shape index (κ2) is 6.55. The van der Waals surface area contributed by atoms with Gasteiger partial charge in [0.25, 0.3) is 0 Å². The monoisotopic (exact) mass is 290 g/mol. The number of hydrogen-bond acceptors (Lipinski definition) is 4. The number of hydrogen-bond donors (Lipinski definition) is 1. The van der Waals surface area contributed by atoms with Crippen LogP contribution in [-0.4, -0.2) is 56.0 Å². The van der Waals surface area contributed by atoms with Crippen molar-refractivity contribution in [3.05, 3.63) is 0 Å². The maximum Gasteiger partial charge on any atom is 0.151 e. The molecule has 0 aliphatic carbocycles. The molecule has 0 aromatic rings. The molecule has 5 heteroatoms. The first-order chi connectivity index (χ1) is 8.72. The molecule has 0 spiro atoms. The largest absolute Gasteiger partial charge is 0.311 e. The zero-order valence-corrected chi connectivity index (χ0v) is 13.9. The predicted molar refractivity (Wildman–Crippen MR) is 81.2 cm³/mol. The predicted octanol–water partition coefficient (Wildman–Crippen LogP) is 1.52. The molecule has 19 heavy (non-hydrogen) atoms. The van der Waals surface area contributed by atoms with E-state index in [4.69, 9.17) is 0 Å². The van der Waals surface area contributed by atoms with Crippen LogP contribution in [0, 0.1) is 5.92 Å². The lowest BCUT2D eigenvalue weighted by Crippen LogP contribution is -2.63. The Bertz CT molecular complexity index is 379. The highest BCUT2D eigenvalue weighted by molar-refractivity contribution is 7.91. The summed E-state index contributed by atoms with van der Waals surface area (Å²) >= 11 is 0. The van der Waals surface area contributed by atoms with E-state index in [0.717, 1.165) is 19.5 Å². The number of nitrogens with zero attached hydrogens (tertiary/aromatic N) is 1. The van der Waals surface area contributed by atoms with Gasteiger partial charge in [-0.25, -0.2) is 8.42 Å². The molecule has 114 valence electrons. The van der Waals surface area contributed by atoms with Crippen LogP contribution >= 0.6 is 0 Å². The molecule has 1 N–H and O–H groups in total. The first-order valence-corrected chi connectivity index (χ1v) is 9.23. The van der Waals surface area contributed by atoms with E-state index < -0.39 is 9.84 Å². The summed E-state index contributed by atoms with van der Waals surface area (Å²) < 4.78 is 23.4. The van der Waals surface area contributed by atoms with Gasteiger partial charge in [0.05, 0.1) is 5.75 Å². The number of sulfone groups is 1. The van der Waals surface area contributed by atoms with Gasteiger partial charge in [0.15, 0.2) is 9.84 Å². The lowest BCUT2D eigenvalue weighted by Gasteiger charge is -2.47. The summed E-state index contributed by atoms with van der Waals surface area (Å²) in [5.74, 6) is 1.15. The molecule has 0 saturated carbocycles. The molecule has 0 bridgehead atoms. The summed E-state index contributed by atoms with van der Waals surface area (Å²) in [5, 5.41) is 3.61. The average molecular weight is 290 g/mol. The quantitative estimate of drug-likeness (QED) is 0.806. The summed E-state index contributed by atoms with van der Waals surface area (Å²) in [5.41, 5.74) is 0.0349. The second-order valence-corrected chi connectivity index (χ2v) is 8.84. The minimum Gasteiger partial charge on any atom is -0.311 e. The number of rotatable bonds is 6. The topological polar surface area (TPSA) is 49.4 Å². The zero-order chi connectivity index (χ0) is 14.7. The van der Waals surface area contributed by atoms with Gasteiger partial charge < -0.3 is 5.32 Å². The van der Waals surface area contributed by atoms with Crippen LogP contribution in [0.4, 0.5) is 0 Å². The highest BCUT2D eigenvalue weighted by atomic mass is 32.2. The smallest absolute Gasteiger partial charge is 0.151 e. The third-order valence-electron chi connectivity index (χ3n) is 4.51. The second-order valence-electron chi connectivity index (χ2n) is 6.37. The van der Waals surface area contributed by atoms with Gasteiger partial charge in [-0.1, -0.05) is 27.2 Å². The van der Waals surface area contributed by atoms with Crippen molar-refractivity contribution >= 4 is 9.84 Å². The van der Waals surface area contributed by atoms with E-state index in [1.54, 1.807) is 6.92 Å². The summed E-state index contributed by atoms with van der Waals surface area (Å²) in [6.07, 6.45) is 1.15. The molecule has 1 saturated heterocycles. The van der Waals surface area contributed by atoms with Crippen LogP contribution in [0.2, 0.25) is 0 Å². The molecule has 0 amide bonds. The molecule has 0 radical (unpaired) electrons. The Morgan fingerprint density at radius 2 is 2.00 bits per heavy atom. The van der Waals surface area contributed by atoms with Crippen molar-refractivity contribution in [2.24, 2.45) is 5.92 Å². The normalized spacial score (nSPS) is 26.3. The number of nitrogens with one attached hydrogen (secondary N) is 1. The Labute approximate surface area is 118 Å². The maximum atomic E-state index is 11.7. The lowest BCUT2D eigenvalue weighted by molar-refractivity contribution is 0.0578. The highest BCUT2D eigenvalue weighted by Gasteiger charge is 2.35. The molecule has 1 aliphatic heterocycles. The van der Waals surface area contributed by atoms with Gasteiger partial charge in [0.1, 0.15) is 0 Å². The Hall–Kier alpha value is -0.130. The van der Waals surface area contributed by atoms with E-state index in [1.165, 1.54) is 0 Å². The molecule has 1 aliphatic rings. The molecular weight excluding hydrogens is 260 g/mol. The van der Waals surface area contributed by atoms with Gasteiger partial charge in [0, 0.05) is 37.0 Å². The van der Waals surface area contributed by atoms with Crippen LogP contribution in [0.1, 0.15) is 41.0 Å². The first kappa shape index (κ1) is 16.9. The van der Waals surface area contributed by atoms with Gasteiger partial charge in [-0.05, 0) is 19.8 Å². The summed E-state index contributed by atoms with van der Waals surface area (Å²) in [4.78, 5) is 2.34. The molecule has 2 atom stereocenters. The van der Waals surface area contributed by atoms with Crippen LogP contribution in [0.5, 0.6) is 0 Å². The maximum absolute atomic E-state index is 11.7. The van der Waals surface area contributed by atoms with Gasteiger partial charge in [-0.2, -0.15) is 0 Å². The third kappa shape index (κ3) is 4.72. The van der Waals surface area contributed by atoms with E-state index in [-0.39, 0.29) is 17.0 Å². The van der Waals surface area contributed by atoms with Crippen LogP contribution in [-0.2, 0) is 9.84 Å². The zero-order valence-electron chi connectivity index (χ0n) is 13.1. The van der Waals surface area contributed by atoms with E-state index in [9.17, 15) is 8.42 Å². The minimum absolute atomic E-state index is 0.0349. The van der Waals surface area contributed by atoms with Gasteiger partial charge in [-0.3, -0.25) is 4.90 Å². The molecule has 0 aromatic carbocycles. The molecular formula is C14H30N2O2S. The van der Waals surface area contributed by atoms with Gasteiger partial charge in [-0.15, -0.1) is 0 Å². The average Bonchev–Trinajstić information content (AvgIpc) is 2.36. The van der Waals surface area contributed by atoms with Crippen LogP contribution < -0.4 is 5.32 Å². The Morgan fingerprint density at radius 1 is 1.37 bits per heavy atom. The molecule has 1 rings (SSSR count). The van der Waals surface area contributed by atoms with E-state index in [1.807, 2.05) is 0 Å². The van der Waals surface area contributed by atoms with E-state index in [0.29, 0.717) is 18.5 Å². The number of piperazine rings is 1. The molecule has 1 heterocycles. The fraction of sp³-hybridized carbons (Fsp3) is 1.00. The van der Waals surface area contributed by atoms with Crippen LogP contribution in [0.3, 0.4) is 0 Å². The highest BCUT2D eigenvalue weighted by Crippen LogP contribution is 2.22. The standard InChI is InChI=1S/C14H30N2O2S/c1-6-12(3)13-10-16(14(4,5)11-15-13)8-9-19(17,18)7-2/h12-13,15H,6-11H2,1-5H3. The fourth-order valence-electron chi connectivity index (χ4n) is 2.49. The van der Waals surface area contributed by atoms with Crippen molar-refractivity contribution in [1.82, 2.24) is 10.2 Å². The first-order valence-electron chi connectivity index (χ1n) is 7.40. The van der Waals surface area contributed by atoms with Gasteiger partial charge >= 0.3 is 0 Å². The lowest BCUT2D eigenvalue weighted by atomic mass is 9.91. The van der Waals surface area contributed by atoms with Crippen molar-refractivity contribution in [2.75, 3.05) is 31.1 Å². The van der Waals surface area contributed by atoms with Crippen molar-refractivity contribution in [1.29, 1.82) is 0 Å². The SMILES string of the molecule is CCC(C)C1CN(CCS(=O)(=O)CC)C(C)(C)CN1. The van der Waals surface area contributed by atoms with Crippen molar-refractivity contribution in [2.45, 2.75) is 52.6 Å². The van der Waals surface area contributed by atoms with Crippen LogP contribution in [0.25, 0.3) is 0 Å². The Balaban J connectivity index is 2.66. The molecule has 4 nitrogen and oxygen atoms in total. The molecule has 1 fully saturated rings. The summed E-state index contributed by atoms with van der Waals surface area (Å²) in [7, 11) is -2.87. The Kier molecular flexibility index (Phi) is 5.83. The fourth-order valence-corrected chi connectivity index (χ4v) is 3.28. The minimum atomic E-state index is -2.87. The van der Waals surface area contributed by atoms with Crippen molar-refractivity contribution < 1.29 is 8.42 Å². The van der Waals surface area contributed by atoms with Crippen LogP contribution in [0.15, 0.2) is 0 Å². The summed E-state index contributed by atoms with van der Waals surface area (Å²) in [6, 6.07) is 0.474. The summed E-state index contributed by atoms with van der Waals surface area (Å²) in [6.45, 7) is 13.1. The van der Waals surface area contributed by atoms with Crippen molar-refractivity contribution in [3.63, 3.8) is 0 Å². The molecule has 2 unspecified atom stereocenters. The third-order valence-corrected chi connectivity index (χ3v) is 6.20. The Morgan fingerprint density at radius 3 is 2.53 bits per heavy atom.